The summed E-state index contributed by atoms with van der Waals surface area (Å²) in [6.45, 7) is 6.16. The van der Waals surface area contributed by atoms with Gasteiger partial charge in [0.05, 0.1) is 11.4 Å². The summed E-state index contributed by atoms with van der Waals surface area (Å²) >= 11 is 0. The van der Waals surface area contributed by atoms with Crippen LogP contribution in [0.25, 0.3) is 0 Å². The Kier molecular flexibility index (Phi) is 4.04. The van der Waals surface area contributed by atoms with E-state index in [0.717, 1.165) is 43.1 Å². The molecule has 0 spiro atoms. The van der Waals surface area contributed by atoms with E-state index >= 15 is 0 Å². The topological polar surface area (TPSA) is 41.1 Å². The molecule has 0 bridgehead atoms. The molecule has 2 heterocycles. The van der Waals surface area contributed by atoms with Gasteiger partial charge in [-0.25, -0.2) is 4.98 Å². The zero-order valence-corrected chi connectivity index (χ0v) is 12.7. The second kappa shape index (κ2) is 6.12. The van der Waals surface area contributed by atoms with Gasteiger partial charge in [-0.3, -0.25) is 4.98 Å². The van der Waals surface area contributed by atoms with Gasteiger partial charge in [0, 0.05) is 31.0 Å². The Bertz CT molecular complexity index is 589. The van der Waals surface area contributed by atoms with Gasteiger partial charge in [-0.2, -0.15) is 0 Å². The third kappa shape index (κ3) is 3.32. The van der Waals surface area contributed by atoms with E-state index in [-0.39, 0.29) is 0 Å². The minimum absolute atomic E-state index is 0.486. The van der Waals surface area contributed by atoms with E-state index < -0.39 is 0 Å². The zero-order chi connectivity index (χ0) is 14.7. The number of aryl methyl sites for hydroxylation is 2. The average molecular weight is 282 g/mol. The highest BCUT2D eigenvalue weighted by Gasteiger charge is 2.20. The number of para-hydroxylation sites is 1. The highest BCUT2D eigenvalue weighted by atomic mass is 15.2. The molecule has 1 N–H and O–H groups in total. The lowest BCUT2D eigenvalue weighted by Gasteiger charge is -2.34. The molecule has 1 aliphatic rings. The van der Waals surface area contributed by atoms with Crippen LogP contribution in [-0.4, -0.2) is 29.1 Å². The number of aromatic nitrogens is 2. The Morgan fingerprint density at radius 2 is 1.81 bits per heavy atom. The first kappa shape index (κ1) is 13.9. The van der Waals surface area contributed by atoms with Crippen LogP contribution < -0.4 is 10.2 Å². The highest BCUT2D eigenvalue weighted by molar-refractivity contribution is 5.47. The lowest BCUT2D eigenvalue weighted by Crippen LogP contribution is -2.39. The van der Waals surface area contributed by atoms with Crippen molar-refractivity contribution in [2.24, 2.45) is 0 Å². The summed E-state index contributed by atoms with van der Waals surface area (Å²) < 4.78 is 0. The molecule has 0 amide bonds. The molecule has 4 heteroatoms. The fraction of sp³-hybridized carbons (Fsp3) is 0.412. The third-order valence-corrected chi connectivity index (χ3v) is 4.03. The largest absolute Gasteiger partial charge is 0.371 e. The molecule has 3 rings (SSSR count). The first-order valence-corrected chi connectivity index (χ1v) is 7.59. The minimum Gasteiger partial charge on any atom is -0.371 e. The Hall–Kier alpha value is -2.10. The smallest absolute Gasteiger partial charge is 0.147 e. The van der Waals surface area contributed by atoms with Crippen LogP contribution in [0.2, 0.25) is 0 Å². The van der Waals surface area contributed by atoms with Crippen LogP contribution in [0.1, 0.15) is 24.2 Å². The normalized spacial score (nSPS) is 16.0. The number of rotatable bonds is 3. The van der Waals surface area contributed by atoms with Crippen molar-refractivity contribution in [2.75, 3.05) is 23.3 Å². The Labute approximate surface area is 126 Å². The summed E-state index contributed by atoms with van der Waals surface area (Å²) in [6.07, 6.45) is 4.08. The van der Waals surface area contributed by atoms with E-state index in [1.165, 1.54) is 5.69 Å². The van der Waals surface area contributed by atoms with E-state index in [1.807, 2.05) is 20.0 Å². The van der Waals surface area contributed by atoms with E-state index in [0.29, 0.717) is 6.04 Å². The standard InChI is InChI=1S/C17H22N4/c1-13-12-18-14(2)17(19-13)20-15-8-10-21(11-9-15)16-6-4-3-5-7-16/h3-7,12,15H,8-11H2,1-2H3,(H,19,20). The third-order valence-electron chi connectivity index (χ3n) is 4.03. The maximum atomic E-state index is 4.56. The molecule has 1 aromatic heterocycles. The van der Waals surface area contributed by atoms with Crippen molar-refractivity contribution < 1.29 is 0 Å². The molecule has 0 radical (unpaired) electrons. The molecule has 0 aliphatic carbocycles. The second-order valence-electron chi connectivity index (χ2n) is 5.69. The van der Waals surface area contributed by atoms with Crippen LogP contribution in [0.15, 0.2) is 36.5 Å². The molecule has 1 fully saturated rings. The summed E-state index contributed by atoms with van der Waals surface area (Å²) in [4.78, 5) is 11.4. The maximum Gasteiger partial charge on any atom is 0.147 e. The summed E-state index contributed by atoms with van der Waals surface area (Å²) in [7, 11) is 0. The van der Waals surface area contributed by atoms with Crippen LogP contribution in [0.5, 0.6) is 0 Å². The lowest BCUT2D eigenvalue weighted by atomic mass is 10.0. The van der Waals surface area contributed by atoms with Gasteiger partial charge in [0.2, 0.25) is 0 Å². The van der Waals surface area contributed by atoms with Gasteiger partial charge in [-0.05, 0) is 38.8 Å². The second-order valence-corrected chi connectivity index (χ2v) is 5.69. The van der Waals surface area contributed by atoms with Crippen molar-refractivity contribution in [3.05, 3.63) is 47.9 Å². The molecule has 0 atom stereocenters. The van der Waals surface area contributed by atoms with Crippen LogP contribution in [-0.2, 0) is 0 Å². The van der Waals surface area contributed by atoms with Crippen LogP contribution in [0, 0.1) is 13.8 Å². The Balaban J connectivity index is 1.60. The molecule has 0 unspecified atom stereocenters. The van der Waals surface area contributed by atoms with Gasteiger partial charge in [0.1, 0.15) is 5.82 Å². The maximum absolute atomic E-state index is 4.56. The molecular formula is C17H22N4. The highest BCUT2D eigenvalue weighted by Crippen LogP contribution is 2.22. The monoisotopic (exact) mass is 282 g/mol. The lowest BCUT2D eigenvalue weighted by molar-refractivity contribution is 0.525. The predicted molar refractivity (Wildman–Crippen MR) is 86.8 cm³/mol. The van der Waals surface area contributed by atoms with Crippen LogP contribution >= 0.6 is 0 Å². The van der Waals surface area contributed by atoms with Crippen molar-refractivity contribution in [3.8, 4) is 0 Å². The predicted octanol–water partition coefficient (Wildman–Crippen LogP) is 3.17. The molecule has 2 aromatic rings. The van der Waals surface area contributed by atoms with Crippen molar-refractivity contribution >= 4 is 11.5 Å². The molecule has 1 aromatic carbocycles. The average Bonchev–Trinajstić information content (AvgIpc) is 2.53. The molecule has 1 aliphatic heterocycles. The first-order chi connectivity index (χ1) is 10.2. The number of hydrogen-bond donors (Lipinski definition) is 1. The van der Waals surface area contributed by atoms with Crippen LogP contribution in [0.4, 0.5) is 11.5 Å². The summed E-state index contributed by atoms with van der Waals surface area (Å²) in [6, 6.07) is 11.1. The van der Waals surface area contributed by atoms with Crippen molar-refractivity contribution in [1.29, 1.82) is 0 Å². The van der Waals surface area contributed by atoms with Gasteiger partial charge < -0.3 is 10.2 Å². The zero-order valence-electron chi connectivity index (χ0n) is 12.7. The number of nitrogens with zero attached hydrogens (tertiary/aromatic N) is 3. The molecule has 21 heavy (non-hydrogen) atoms. The summed E-state index contributed by atoms with van der Waals surface area (Å²) in [5.41, 5.74) is 3.26. The fourth-order valence-corrected chi connectivity index (χ4v) is 2.79. The van der Waals surface area contributed by atoms with E-state index in [2.05, 4.69) is 50.5 Å². The van der Waals surface area contributed by atoms with Gasteiger partial charge >= 0.3 is 0 Å². The Morgan fingerprint density at radius 3 is 2.52 bits per heavy atom. The van der Waals surface area contributed by atoms with Crippen molar-refractivity contribution in [2.45, 2.75) is 32.7 Å². The van der Waals surface area contributed by atoms with Gasteiger partial charge in [-0.15, -0.1) is 0 Å². The number of nitrogens with one attached hydrogen (secondary N) is 1. The van der Waals surface area contributed by atoms with Crippen molar-refractivity contribution in [1.82, 2.24) is 9.97 Å². The number of anilines is 2. The molecule has 0 saturated carbocycles. The molecule has 1 saturated heterocycles. The molecule has 110 valence electrons. The van der Waals surface area contributed by atoms with E-state index in [1.54, 1.807) is 0 Å². The molecule has 4 nitrogen and oxygen atoms in total. The quantitative estimate of drug-likeness (QED) is 0.939. The Morgan fingerprint density at radius 1 is 1.10 bits per heavy atom. The fourth-order valence-electron chi connectivity index (χ4n) is 2.79. The van der Waals surface area contributed by atoms with Crippen molar-refractivity contribution in [3.63, 3.8) is 0 Å². The SMILES string of the molecule is Cc1cnc(C)c(NC2CCN(c3ccccc3)CC2)n1. The number of benzene rings is 1. The van der Waals surface area contributed by atoms with E-state index in [9.17, 15) is 0 Å². The van der Waals surface area contributed by atoms with Gasteiger partial charge in [-0.1, -0.05) is 18.2 Å². The molecular weight excluding hydrogens is 260 g/mol. The first-order valence-electron chi connectivity index (χ1n) is 7.59. The number of hydrogen-bond acceptors (Lipinski definition) is 4. The summed E-state index contributed by atoms with van der Waals surface area (Å²) in [5.74, 6) is 0.938. The van der Waals surface area contributed by atoms with Crippen LogP contribution in [0.3, 0.4) is 0 Å². The number of piperidine rings is 1. The van der Waals surface area contributed by atoms with E-state index in [4.69, 9.17) is 0 Å². The van der Waals surface area contributed by atoms with Gasteiger partial charge in [0.25, 0.3) is 0 Å². The van der Waals surface area contributed by atoms with Gasteiger partial charge in [0.15, 0.2) is 0 Å². The minimum atomic E-state index is 0.486. The summed E-state index contributed by atoms with van der Waals surface area (Å²) in [5, 5.41) is 3.56.